The Morgan fingerprint density at radius 3 is 2.56 bits per heavy atom. The molecule has 1 spiro atoms. The normalized spacial score (nSPS) is 26.0. The van der Waals surface area contributed by atoms with Crippen LogP contribution in [0.4, 0.5) is 10.5 Å². The van der Waals surface area contributed by atoms with E-state index in [0.29, 0.717) is 12.1 Å². The highest BCUT2D eigenvalue weighted by Gasteiger charge is 2.55. The lowest BCUT2D eigenvalue weighted by molar-refractivity contribution is -0.136. The second kappa shape index (κ2) is 6.50. The molecule has 134 valence electrons. The van der Waals surface area contributed by atoms with Gasteiger partial charge in [-0.05, 0) is 55.9 Å². The van der Waals surface area contributed by atoms with Crippen LogP contribution >= 0.6 is 0 Å². The highest BCUT2D eigenvalue weighted by Crippen LogP contribution is 2.38. The summed E-state index contributed by atoms with van der Waals surface area (Å²) in [7, 11) is 0. The van der Waals surface area contributed by atoms with Crippen LogP contribution in [0.2, 0.25) is 0 Å². The molecule has 1 aliphatic heterocycles. The summed E-state index contributed by atoms with van der Waals surface area (Å²) < 4.78 is 0. The number of carbonyl (C=O) groups is 3. The smallest absolute Gasteiger partial charge is 0.325 e. The minimum absolute atomic E-state index is 0.0881. The van der Waals surface area contributed by atoms with Crippen molar-refractivity contribution in [3.8, 4) is 0 Å². The van der Waals surface area contributed by atoms with Gasteiger partial charge >= 0.3 is 6.03 Å². The fourth-order valence-electron chi connectivity index (χ4n) is 4.03. The highest BCUT2D eigenvalue weighted by molar-refractivity contribution is 6.10. The number of carbonyl (C=O) groups excluding carboxylic acids is 3. The molecule has 2 fully saturated rings. The number of hydrogen-bond donors (Lipinski definition) is 2. The Kier molecular flexibility index (Phi) is 4.54. The third-order valence-electron chi connectivity index (χ3n) is 5.31. The Hall–Kier alpha value is -2.37. The standard InChI is InChI=1S/C19H25N3O3/c1-12-8-13(2)10-15(9-12)20-16(23)11-22-17(24)19(21-18(22)25)7-5-4-6-14(19)3/h8-10,14H,4-7,11H2,1-3H3,(H,20,23)(H,21,25)/t14-,19-/m1/s1. The van der Waals surface area contributed by atoms with Crippen molar-refractivity contribution in [2.24, 2.45) is 5.92 Å². The Labute approximate surface area is 148 Å². The van der Waals surface area contributed by atoms with Crippen molar-refractivity contribution in [1.82, 2.24) is 10.2 Å². The van der Waals surface area contributed by atoms with Crippen LogP contribution in [-0.4, -0.2) is 34.8 Å². The molecule has 1 aromatic carbocycles. The number of benzene rings is 1. The first-order valence-corrected chi connectivity index (χ1v) is 8.84. The van der Waals surface area contributed by atoms with Gasteiger partial charge < -0.3 is 10.6 Å². The van der Waals surface area contributed by atoms with Crippen LogP contribution < -0.4 is 10.6 Å². The highest BCUT2D eigenvalue weighted by atomic mass is 16.2. The molecule has 3 rings (SSSR count). The van der Waals surface area contributed by atoms with Gasteiger partial charge in [-0.15, -0.1) is 0 Å². The van der Waals surface area contributed by atoms with Gasteiger partial charge in [0.15, 0.2) is 0 Å². The maximum atomic E-state index is 12.9. The number of nitrogens with one attached hydrogen (secondary N) is 2. The molecule has 0 aromatic heterocycles. The number of aryl methyl sites for hydroxylation is 2. The van der Waals surface area contributed by atoms with Crippen LogP contribution in [0.1, 0.15) is 43.7 Å². The SMILES string of the molecule is Cc1cc(C)cc(NC(=O)CN2C(=O)N[C@@]3(CCCC[C@H]3C)C2=O)c1. The van der Waals surface area contributed by atoms with Crippen molar-refractivity contribution in [3.05, 3.63) is 29.3 Å². The average molecular weight is 343 g/mol. The topological polar surface area (TPSA) is 78.5 Å². The van der Waals surface area contributed by atoms with Gasteiger partial charge in [-0.1, -0.05) is 25.8 Å². The van der Waals surface area contributed by atoms with Crippen LogP contribution in [0.15, 0.2) is 18.2 Å². The summed E-state index contributed by atoms with van der Waals surface area (Å²) in [6.07, 6.45) is 3.54. The third-order valence-corrected chi connectivity index (χ3v) is 5.31. The zero-order chi connectivity index (χ0) is 18.2. The van der Waals surface area contributed by atoms with Crippen LogP contribution in [-0.2, 0) is 9.59 Å². The van der Waals surface area contributed by atoms with Crippen molar-refractivity contribution < 1.29 is 14.4 Å². The first kappa shape index (κ1) is 17.5. The molecule has 2 atom stereocenters. The maximum absolute atomic E-state index is 12.9. The molecule has 6 nitrogen and oxygen atoms in total. The largest absolute Gasteiger partial charge is 0.325 e. The zero-order valence-corrected chi connectivity index (χ0v) is 15.0. The summed E-state index contributed by atoms with van der Waals surface area (Å²) >= 11 is 0. The Morgan fingerprint density at radius 2 is 1.92 bits per heavy atom. The van der Waals surface area contributed by atoms with Gasteiger partial charge in [-0.25, -0.2) is 4.79 Å². The first-order chi connectivity index (χ1) is 11.8. The second-order valence-electron chi connectivity index (χ2n) is 7.36. The number of urea groups is 1. The molecule has 0 unspecified atom stereocenters. The maximum Gasteiger partial charge on any atom is 0.325 e. The van der Waals surface area contributed by atoms with Crippen molar-refractivity contribution >= 4 is 23.5 Å². The number of imide groups is 1. The zero-order valence-electron chi connectivity index (χ0n) is 15.0. The molecule has 0 radical (unpaired) electrons. The van der Waals surface area contributed by atoms with Gasteiger partial charge in [0.05, 0.1) is 0 Å². The van der Waals surface area contributed by atoms with E-state index in [9.17, 15) is 14.4 Å². The molecular formula is C19H25N3O3. The summed E-state index contributed by atoms with van der Waals surface area (Å²) in [6, 6.07) is 5.28. The van der Waals surface area contributed by atoms with E-state index in [2.05, 4.69) is 10.6 Å². The molecule has 1 saturated carbocycles. The third kappa shape index (κ3) is 3.25. The lowest BCUT2D eigenvalue weighted by atomic mass is 9.73. The molecule has 4 amide bonds. The molecule has 1 saturated heterocycles. The number of rotatable bonds is 3. The molecular weight excluding hydrogens is 318 g/mol. The van der Waals surface area contributed by atoms with Gasteiger partial charge in [0.1, 0.15) is 12.1 Å². The first-order valence-electron chi connectivity index (χ1n) is 8.84. The number of anilines is 1. The molecule has 1 aromatic rings. The molecule has 2 N–H and O–H groups in total. The van der Waals surface area contributed by atoms with E-state index in [1.165, 1.54) is 0 Å². The lowest BCUT2D eigenvalue weighted by Crippen LogP contribution is -2.54. The minimum atomic E-state index is -0.824. The molecule has 25 heavy (non-hydrogen) atoms. The van der Waals surface area contributed by atoms with Crippen LogP contribution in [0, 0.1) is 19.8 Å². The van der Waals surface area contributed by atoms with Crippen LogP contribution in [0.5, 0.6) is 0 Å². The molecule has 6 heteroatoms. The Morgan fingerprint density at radius 1 is 1.24 bits per heavy atom. The summed E-state index contributed by atoms with van der Waals surface area (Å²) in [5, 5.41) is 5.65. The van der Waals surface area contributed by atoms with Gasteiger partial charge in [0.25, 0.3) is 5.91 Å². The quantitative estimate of drug-likeness (QED) is 0.828. The van der Waals surface area contributed by atoms with Gasteiger partial charge in [-0.3, -0.25) is 14.5 Å². The van der Waals surface area contributed by atoms with E-state index in [0.717, 1.165) is 35.3 Å². The van der Waals surface area contributed by atoms with E-state index in [1.807, 2.05) is 39.0 Å². The van der Waals surface area contributed by atoms with Crippen LogP contribution in [0.3, 0.4) is 0 Å². The van der Waals surface area contributed by atoms with Gasteiger partial charge in [0.2, 0.25) is 5.91 Å². The van der Waals surface area contributed by atoms with E-state index in [1.54, 1.807) is 0 Å². The van der Waals surface area contributed by atoms with E-state index >= 15 is 0 Å². The van der Waals surface area contributed by atoms with E-state index in [-0.39, 0.29) is 24.3 Å². The predicted octanol–water partition coefficient (Wildman–Crippen LogP) is 2.74. The Balaban J connectivity index is 1.71. The predicted molar refractivity (Wildman–Crippen MR) is 95.2 cm³/mol. The molecule has 2 aliphatic rings. The second-order valence-corrected chi connectivity index (χ2v) is 7.36. The molecule has 0 bridgehead atoms. The van der Waals surface area contributed by atoms with Gasteiger partial charge in [0, 0.05) is 5.69 Å². The number of amides is 4. The van der Waals surface area contributed by atoms with E-state index in [4.69, 9.17) is 0 Å². The molecule has 1 heterocycles. The summed E-state index contributed by atoms with van der Waals surface area (Å²) in [5.41, 5.74) is 1.94. The van der Waals surface area contributed by atoms with Crippen molar-refractivity contribution in [3.63, 3.8) is 0 Å². The minimum Gasteiger partial charge on any atom is -0.325 e. The number of hydrogen-bond acceptors (Lipinski definition) is 3. The molecule has 1 aliphatic carbocycles. The monoisotopic (exact) mass is 343 g/mol. The van der Waals surface area contributed by atoms with Crippen LogP contribution in [0.25, 0.3) is 0 Å². The number of nitrogens with zero attached hydrogens (tertiary/aromatic N) is 1. The van der Waals surface area contributed by atoms with Crippen molar-refractivity contribution in [1.29, 1.82) is 0 Å². The summed E-state index contributed by atoms with van der Waals surface area (Å²) in [4.78, 5) is 38.6. The lowest BCUT2D eigenvalue weighted by Gasteiger charge is -2.36. The average Bonchev–Trinajstić information content (AvgIpc) is 2.74. The Bertz CT molecular complexity index is 710. The van der Waals surface area contributed by atoms with E-state index < -0.39 is 11.6 Å². The van der Waals surface area contributed by atoms with Gasteiger partial charge in [-0.2, -0.15) is 0 Å². The summed E-state index contributed by atoms with van der Waals surface area (Å²) in [6.45, 7) is 5.64. The fourth-order valence-corrected chi connectivity index (χ4v) is 4.03. The fraction of sp³-hybridized carbons (Fsp3) is 0.526. The van der Waals surface area contributed by atoms with Crippen molar-refractivity contribution in [2.45, 2.75) is 52.0 Å². The van der Waals surface area contributed by atoms with Crippen molar-refractivity contribution in [2.75, 3.05) is 11.9 Å². The summed E-state index contributed by atoms with van der Waals surface area (Å²) in [5.74, 6) is -0.542.